The molecule has 34 heavy (non-hydrogen) atoms. The molecule has 2 aromatic carbocycles. The van der Waals surface area contributed by atoms with Crippen LogP contribution in [0.2, 0.25) is 0 Å². The van der Waals surface area contributed by atoms with Gasteiger partial charge < -0.3 is 15.5 Å². The van der Waals surface area contributed by atoms with E-state index in [0.29, 0.717) is 30.2 Å². The second-order valence-electron chi connectivity index (χ2n) is 10.2. The van der Waals surface area contributed by atoms with E-state index in [9.17, 15) is 4.79 Å². The third-order valence-electron chi connectivity index (χ3n) is 7.38. The lowest BCUT2D eigenvalue weighted by molar-refractivity contribution is -0.122. The number of aromatic nitrogens is 2. The molecule has 0 aliphatic heterocycles. The van der Waals surface area contributed by atoms with Crippen molar-refractivity contribution in [2.24, 2.45) is 11.8 Å². The van der Waals surface area contributed by atoms with Crippen LogP contribution < -0.4 is 15.5 Å². The van der Waals surface area contributed by atoms with E-state index in [4.69, 9.17) is 9.97 Å². The minimum Gasteiger partial charge on any atom is -0.362 e. The van der Waals surface area contributed by atoms with Crippen molar-refractivity contribution in [2.45, 2.75) is 51.0 Å². The minimum absolute atomic E-state index is 0.207. The number of amides is 1. The van der Waals surface area contributed by atoms with Crippen LogP contribution in [0.1, 0.15) is 43.2 Å². The molecule has 178 valence electrons. The van der Waals surface area contributed by atoms with Gasteiger partial charge in [0, 0.05) is 38.5 Å². The average molecular weight is 458 g/mol. The molecule has 1 saturated carbocycles. The van der Waals surface area contributed by atoms with Crippen molar-refractivity contribution in [3.8, 4) is 0 Å². The first-order valence-corrected chi connectivity index (χ1v) is 12.6. The van der Waals surface area contributed by atoms with Crippen molar-refractivity contribution in [3.63, 3.8) is 0 Å². The van der Waals surface area contributed by atoms with E-state index >= 15 is 0 Å². The Morgan fingerprint density at radius 2 is 1.59 bits per heavy atom. The maximum atomic E-state index is 12.5. The maximum absolute atomic E-state index is 12.5. The predicted molar refractivity (Wildman–Crippen MR) is 138 cm³/mol. The molecule has 1 amide bonds. The number of carbonyl (C=O) groups is 1. The lowest BCUT2D eigenvalue weighted by Crippen LogP contribution is -2.35. The molecule has 0 bridgehead atoms. The molecular formula is C28H35N5O. The molecule has 1 aromatic heterocycles. The molecule has 2 N–H and O–H groups in total. The first kappa shape index (κ1) is 22.6. The van der Waals surface area contributed by atoms with E-state index in [1.54, 1.807) is 0 Å². The van der Waals surface area contributed by atoms with Gasteiger partial charge in [0.05, 0.1) is 5.52 Å². The van der Waals surface area contributed by atoms with Gasteiger partial charge in [0.25, 0.3) is 0 Å². The van der Waals surface area contributed by atoms with Gasteiger partial charge in [-0.1, -0.05) is 36.4 Å². The second kappa shape index (κ2) is 10.00. The number of fused-ring (bicyclic) bond motifs is 2. The Hall–Kier alpha value is -3.15. The predicted octanol–water partition coefficient (Wildman–Crippen LogP) is 4.59. The molecule has 0 spiro atoms. The third kappa shape index (κ3) is 5.16. The summed E-state index contributed by atoms with van der Waals surface area (Å²) in [6.45, 7) is 0.794. The van der Waals surface area contributed by atoms with Crippen LogP contribution in [-0.2, 0) is 17.6 Å². The maximum Gasteiger partial charge on any atom is 0.225 e. The number of rotatable bonds is 7. The molecule has 3 aromatic rings. The van der Waals surface area contributed by atoms with Crippen LogP contribution in [0.3, 0.4) is 0 Å². The SMILES string of the molecule is CN(C)c1nc(NC2CCC(CNC(=O)CC3Cc4ccccc4C3)CC2)nc2ccccc12. The third-order valence-corrected chi connectivity index (χ3v) is 7.38. The van der Waals surface area contributed by atoms with Crippen molar-refractivity contribution < 1.29 is 4.79 Å². The van der Waals surface area contributed by atoms with Gasteiger partial charge in [0.1, 0.15) is 5.82 Å². The van der Waals surface area contributed by atoms with E-state index in [-0.39, 0.29) is 5.91 Å². The fourth-order valence-corrected chi connectivity index (χ4v) is 5.55. The fraction of sp³-hybridized carbons (Fsp3) is 0.464. The van der Waals surface area contributed by atoms with Gasteiger partial charge >= 0.3 is 0 Å². The quantitative estimate of drug-likeness (QED) is 0.543. The molecule has 0 saturated heterocycles. The van der Waals surface area contributed by atoms with Crippen molar-refractivity contribution in [3.05, 3.63) is 59.7 Å². The smallest absolute Gasteiger partial charge is 0.225 e. The molecule has 1 heterocycles. The summed E-state index contributed by atoms with van der Waals surface area (Å²) in [5, 5.41) is 7.86. The topological polar surface area (TPSA) is 70.2 Å². The van der Waals surface area contributed by atoms with E-state index in [2.05, 4.69) is 41.0 Å². The van der Waals surface area contributed by atoms with Gasteiger partial charge in [-0.05, 0) is 73.6 Å². The van der Waals surface area contributed by atoms with Crippen LogP contribution in [0.15, 0.2) is 48.5 Å². The van der Waals surface area contributed by atoms with Crippen LogP contribution in [0.25, 0.3) is 10.9 Å². The highest BCUT2D eigenvalue weighted by atomic mass is 16.1. The molecular weight excluding hydrogens is 422 g/mol. The number of nitrogens with one attached hydrogen (secondary N) is 2. The number of benzene rings is 2. The molecule has 5 rings (SSSR count). The Morgan fingerprint density at radius 3 is 2.29 bits per heavy atom. The lowest BCUT2D eigenvalue weighted by atomic mass is 9.86. The molecule has 2 aliphatic rings. The summed E-state index contributed by atoms with van der Waals surface area (Å²) >= 11 is 0. The Bertz CT molecular complexity index is 1130. The monoisotopic (exact) mass is 457 g/mol. The molecule has 0 unspecified atom stereocenters. The Kier molecular flexibility index (Phi) is 6.66. The van der Waals surface area contributed by atoms with Crippen molar-refractivity contribution >= 4 is 28.6 Å². The van der Waals surface area contributed by atoms with E-state index in [1.807, 2.05) is 37.2 Å². The van der Waals surface area contributed by atoms with Gasteiger partial charge in [-0.2, -0.15) is 4.98 Å². The number of para-hydroxylation sites is 1. The van der Waals surface area contributed by atoms with Crippen LogP contribution in [0, 0.1) is 11.8 Å². The summed E-state index contributed by atoms with van der Waals surface area (Å²) in [5.74, 6) is 2.86. The zero-order valence-electron chi connectivity index (χ0n) is 20.3. The van der Waals surface area contributed by atoms with Gasteiger partial charge in [-0.25, -0.2) is 4.98 Å². The molecule has 2 aliphatic carbocycles. The Morgan fingerprint density at radius 1 is 0.912 bits per heavy atom. The van der Waals surface area contributed by atoms with Gasteiger partial charge in [-0.15, -0.1) is 0 Å². The van der Waals surface area contributed by atoms with Gasteiger partial charge in [0.15, 0.2) is 0 Å². The number of anilines is 2. The Labute approximate surface area is 202 Å². The normalized spacial score (nSPS) is 20.2. The largest absolute Gasteiger partial charge is 0.362 e. The van der Waals surface area contributed by atoms with E-state index in [1.165, 1.54) is 11.1 Å². The zero-order chi connectivity index (χ0) is 23.5. The molecule has 1 fully saturated rings. The van der Waals surface area contributed by atoms with Crippen LogP contribution in [0.4, 0.5) is 11.8 Å². The van der Waals surface area contributed by atoms with Gasteiger partial charge in [-0.3, -0.25) is 4.79 Å². The second-order valence-corrected chi connectivity index (χ2v) is 10.2. The summed E-state index contributed by atoms with van der Waals surface area (Å²) < 4.78 is 0. The summed E-state index contributed by atoms with van der Waals surface area (Å²) in [6, 6.07) is 17.1. The first-order chi connectivity index (χ1) is 16.5. The summed E-state index contributed by atoms with van der Waals surface area (Å²) in [5.41, 5.74) is 3.80. The molecule has 0 atom stereocenters. The number of hydrogen-bond acceptors (Lipinski definition) is 5. The number of nitrogens with zero attached hydrogens (tertiary/aromatic N) is 3. The summed E-state index contributed by atoms with van der Waals surface area (Å²) in [7, 11) is 4.03. The minimum atomic E-state index is 0.207. The number of hydrogen-bond donors (Lipinski definition) is 2. The molecule has 6 heteroatoms. The van der Waals surface area contributed by atoms with Crippen molar-refractivity contribution in [2.75, 3.05) is 30.9 Å². The lowest BCUT2D eigenvalue weighted by Gasteiger charge is -2.29. The highest BCUT2D eigenvalue weighted by Gasteiger charge is 2.25. The van der Waals surface area contributed by atoms with Crippen LogP contribution in [0.5, 0.6) is 0 Å². The average Bonchev–Trinajstić information content (AvgIpc) is 3.25. The molecule has 6 nitrogen and oxygen atoms in total. The van der Waals surface area contributed by atoms with Crippen LogP contribution >= 0.6 is 0 Å². The van der Waals surface area contributed by atoms with E-state index < -0.39 is 0 Å². The van der Waals surface area contributed by atoms with Gasteiger partial charge in [0.2, 0.25) is 11.9 Å². The highest BCUT2D eigenvalue weighted by Crippen LogP contribution is 2.30. The van der Waals surface area contributed by atoms with E-state index in [0.717, 1.165) is 61.8 Å². The van der Waals surface area contributed by atoms with Crippen LogP contribution in [-0.4, -0.2) is 42.6 Å². The molecule has 0 radical (unpaired) electrons. The fourth-order valence-electron chi connectivity index (χ4n) is 5.55. The highest BCUT2D eigenvalue weighted by molar-refractivity contribution is 5.90. The first-order valence-electron chi connectivity index (χ1n) is 12.6. The van der Waals surface area contributed by atoms with Crippen molar-refractivity contribution in [1.82, 2.24) is 15.3 Å². The zero-order valence-corrected chi connectivity index (χ0v) is 20.3. The summed E-state index contributed by atoms with van der Waals surface area (Å²) in [4.78, 5) is 24.1. The standard InChI is InChI=1S/C28H35N5O/c1-33(2)27-24-9-5-6-10-25(24)31-28(32-27)30-23-13-11-19(12-14-23)18-29-26(34)17-20-15-21-7-3-4-8-22(21)16-20/h3-10,19-20,23H,11-18H2,1-2H3,(H,29,34)(H,30,31,32). The Balaban J connectivity index is 1.08. The summed E-state index contributed by atoms with van der Waals surface area (Å²) in [6.07, 6.45) is 7.08. The number of carbonyl (C=O) groups excluding carboxylic acids is 1. The van der Waals surface area contributed by atoms with Crippen molar-refractivity contribution in [1.29, 1.82) is 0 Å².